The van der Waals surface area contributed by atoms with Crippen LogP contribution in [0.3, 0.4) is 0 Å². The molecule has 0 saturated heterocycles. The Balaban J connectivity index is 3.73. The molecule has 0 spiro atoms. The molecule has 0 aliphatic heterocycles. The Labute approximate surface area is 85.4 Å². The van der Waals surface area contributed by atoms with Crippen molar-refractivity contribution in [1.82, 2.24) is 4.57 Å². The molecule has 0 saturated carbocycles. The summed E-state index contributed by atoms with van der Waals surface area (Å²) in [6, 6.07) is 0.363. The molecule has 74 valence electrons. The first kappa shape index (κ1) is 10.6. The van der Waals surface area contributed by atoms with Gasteiger partial charge in [0.25, 0.3) is 0 Å². The SMILES string of the molecule is C=Cc1c(C=C)c(=C)n(C(C)C)c1=C. The molecule has 1 rings (SSSR count). The van der Waals surface area contributed by atoms with E-state index in [4.69, 9.17) is 0 Å². The maximum absolute atomic E-state index is 4.05. The van der Waals surface area contributed by atoms with E-state index in [2.05, 4.69) is 44.7 Å². The molecule has 1 aromatic rings. The lowest BCUT2D eigenvalue weighted by atomic mass is 10.1. The average Bonchev–Trinajstić information content (AvgIpc) is 2.36. The zero-order chi connectivity index (χ0) is 10.9. The zero-order valence-electron chi connectivity index (χ0n) is 9.01. The fraction of sp³-hybridized carbons (Fsp3) is 0.231. The maximum Gasteiger partial charge on any atom is 0.0420 e. The van der Waals surface area contributed by atoms with Crippen molar-refractivity contribution in [3.8, 4) is 0 Å². The second-order valence-electron chi connectivity index (χ2n) is 3.59. The van der Waals surface area contributed by atoms with Crippen LogP contribution in [0.5, 0.6) is 0 Å². The molecule has 1 heteroatoms. The summed E-state index contributed by atoms with van der Waals surface area (Å²) in [5, 5.41) is 1.94. The van der Waals surface area contributed by atoms with Crippen molar-refractivity contribution in [2.24, 2.45) is 0 Å². The van der Waals surface area contributed by atoms with Crippen molar-refractivity contribution in [1.29, 1.82) is 0 Å². The van der Waals surface area contributed by atoms with E-state index < -0.39 is 0 Å². The van der Waals surface area contributed by atoms with Crippen LogP contribution < -0.4 is 10.7 Å². The highest BCUT2D eigenvalue weighted by molar-refractivity contribution is 5.64. The van der Waals surface area contributed by atoms with Crippen LogP contribution in [0.15, 0.2) is 13.2 Å². The Hall–Kier alpha value is -1.50. The number of rotatable bonds is 3. The lowest BCUT2D eigenvalue weighted by molar-refractivity contribution is 0.576. The third kappa shape index (κ3) is 1.35. The summed E-state index contributed by atoms with van der Waals surface area (Å²) in [7, 11) is 0. The summed E-state index contributed by atoms with van der Waals surface area (Å²) in [6.45, 7) is 19.9. The molecule has 1 heterocycles. The molecule has 0 N–H and O–H groups in total. The van der Waals surface area contributed by atoms with Crippen LogP contribution in [-0.2, 0) is 0 Å². The first-order valence-electron chi connectivity index (χ1n) is 4.71. The van der Waals surface area contributed by atoms with E-state index in [1.54, 1.807) is 0 Å². The van der Waals surface area contributed by atoms with Crippen LogP contribution in [-0.4, -0.2) is 4.57 Å². The first-order chi connectivity index (χ1) is 6.54. The molecule has 0 atom stereocenters. The summed E-state index contributed by atoms with van der Waals surface area (Å²) in [6.07, 6.45) is 3.62. The molecule has 14 heavy (non-hydrogen) atoms. The monoisotopic (exact) mass is 187 g/mol. The van der Waals surface area contributed by atoms with Crippen molar-refractivity contribution in [2.75, 3.05) is 0 Å². The van der Waals surface area contributed by atoms with Crippen molar-refractivity contribution in [3.05, 3.63) is 35.0 Å². The number of hydrogen-bond acceptors (Lipinski definition) is 0. The van der Waals surface area contributed by atoms with Crippen LogP contribution in [0.2, 0.25) is 0 Å². The normalized spacial score (nSPS) is 10.5. The van der Waals surface area contributed by atoms with Gasteiger partial charge in [-0.3, -0.25) is 0 Å². The summed E-state index contributed by atoms with van der Waals surface area (Å²) in [4.78, 5) is 0. The molecular weight excluding hydrogens is 170 g/mol. The van der Waals surface area contributed by atoms with Crippen molar-refractivity contribution in [2.45, 2.75) is 19.9 Å². The maximum atomic E-state index is 4.05. The molecule has 0 aliphatic carbocycles. The van der Waals surface area contributed by atoms with Crippen LogP contribution in [0.25, 0.3) is 25.3 Å². The topological polar surface area (TPSA) is 4.93 Å². The van der Waals surface area contributed by atoms with Gasteiger partial charge in [0.1, 0.15) is 0 Å². The summed E-state index contributed by atoms with van der Waals surface area (Å²) < 4.78 is 2.11. The molecule has 0 fully saturated rings. The second-order valence-corrected chi connectivity index (χ2v) is 3.59. The van der Waals surface area contributed by atoms with Crippen molar-refractivity contribution >= 4 is 25.3 Å². The predicted molar refractivity (Wildman–Crippen MR) is 65.3 cm³/mol. The molecule has 0 radical (unpaired) electrons. The highest BCUT2D eigenvalue weighted by Gasteiger charge is 2.08. The highest BCUT2D eigenvalue weighted by atomic mass is 15.0. The van der Waals surface area contributed by atoms with Gasteiger partial charge in [-0.25, -0.2) is 0 Å². The molecule has 0 aliphatic rings. The molecule has 1 aromatic heterocycles. The fourth-order valence-electron chi connectivity index (χ4n) is 1.81. The Morgan fingerprint density at radius 2 is 1.36 bits per heavy atom. The number of hydrogen-bond donors (Lipinski definition) is 0. The van der Waals surface area contributed by atoms with E-state index in [-0.39, 0.29) is 0 Å². The lowest BCUT2D eigenvalue weighted by Gasteiger charge is -2.07. The van der Waals surface area contributed by atoms with Gasteiger partial charge in [-0.05, 0) is 13.8 Å². The smallest absolute Gasteiger partial charge is 0.0420 e. The zero-order valence-corrected chi connectivity index (χ0v) is 9.01. The van der Waals surface area contributed by atoms with Gasteiger partial charge in [-0.15, -0.1) is 0 Å². The third-order valence-electron chi connectivity index (χ3n) is 2.42. The standard InChI is InChI=1S/C13H17N/c1-7-12-10(5)14(9(3)4)11(6)13(12)8-2/h7-9H,1-2,5-6H2,3-4H3. The van der Waals surface area contributed by atoms with E-state index in [1.807, 2.05) is 12.2 Å². The molecular formula is C13H17N. The van der Waals surface area contributed by atoms with E-state index in [0.717, 1.165) is 21.8 Å². The lowest BCUT2D eigenvalue weighted by Crippen LogP contribution is -2.27. The van der Waals surface area contributed by atoms with Gasteiger partial charge >= 0.3 is 0 Å². The van der Waals surface area contributed by atoms with E-state index in [9.17, 15) is 0 Å². The van der Waals surface area contributed by atoms with E-state index >= 15 is 0 Å². The molecule has 0 unspecified atom stereocenters. The van der Waals surface area contributed by atoms with Crippen molar-refractivity contribution in [3.63, 3.8) is 0 Å². The van der Waals surface area contributed by atoms with Gasteiger partial charge < -0.3 is 4.57 Å². The first-order valence-corrected chi connectivity index (χ1v) is 4.71. The molecule has 1 nitrogen and oxygen atoms in total. The van der Waals surface area contributed by atoms with Gasteiger partial charge in [0, 0.05) is 27.9 Å². The van der Waals surface area contributed by atoms with Gasteiger partial charge in [-0.2, -0.15) is 0 Å². The Morgan fingerprint density at radius 3 is 1.57 bits per heavy atom. The van der Waals surface area contributed by atoms with Crippen molar-refractivity contribution < 1.29 is 0 Å². The number of nitrogens with zero attached hydrogens (tertiary/aromatic N) is 1. The minimum atomic E-state index is 0.363. The Kier molecular flexibility index (Phi) is 2.80. The van der Waals surface area contributed by atoms with Crippen LogP contribution >= 0.6 is 0 Å². The molecule has 0 aromatic carbocycles. The highest BCUT2D eigenvalue weighted by Crippen LogP contribution is 2.06. The van der Waals surface area contributed by atoms with Crippen LogP contribution in [0.4, 0.5) is 0 Å². The summed E-state index contributed by atoms with van der Waals surface area (Å²) >= 11 is 0. The Bertz CT molecular complexity index is 421. The minimum absolute atomic E-state index is 0.363. The third-order valence-corrected chi connectivity index (χ3v) is 2.42. The average molecular weight is 187 g/mol. The fourth-order valence-corrected chi connectivity index (χ4v) is 1.81. The van der Waals surface area contributed by atoms with Gasteiger partial charge in [0.05, 0.1) is 0 Å². The number of aromatic nitrogens is 1. The van der Waals surface area contributed by atoms with E-state index in [0.29, 0.717) is 6.04 Å². The van der Waals surface area contributed by atoms with Crippen LogP contribution in [0, 0.1) is 0 Å². The summed E-state index contributed by atoms with van der Waals surface area (Å²) in [5.41, 5.74) is 2.08. The minimum Gasteiger partial charge on any atom is -0.339 e. The van der Waals surface area contributed by atoms with Crippen LogP contribution in [0.1, 0.15) is 31.0 Å². The quantitative estimate of drug-likeness (QED) is 0.683. The van der Waals surface area contributed by atoms with E-state index in [1.165, 1.54) is 0 Å². The van der Waals surface area contributed by atoms with Gasteiger partial charge in [-0.1, -0.05) is 38.5 Å². The molecule has 0 bridgehead atoms. The largest absolute Gasteiger partial charge is 0.339 e. The summed E-state index contributed by atoms with van der Waals surface area (Å²) in [5.74, 6) is 0. The Morgan fingerprint density at radius 1 is 1.00 bits per heavy atom. The van der Waals surface area contributed by atoms with Gasteiger partial charge in [0.2, 0.25) is 0 Å². The van der Waals surface area contributed by atoms with Gasteiger partial charge in [0.15, 0.2) is 0 Å². The predicted octanol–water partition coefficient (Wildman–Crippen LogP) is 2.18. The second kappa shape index (κ2) is 3.70. The molecule has 0 amide bonds.